The third kappa shape index (κ3) is 0.558. The summed E-state index contributed by atoms with van der Waals surface area (Å²) in [6, 6.07) is 7.21. The Labute approximate surface area is 89.6 Å². The zero-order valence-corrected chi connectivity index (χ0v) is 9.13. The van der Waals surface area contributed by atoms with Gasteiger partial charge in [0.2, 0.25) is 0 Å². The number of fused-ring (bicyclic) bond motifs is 2. The topological polar surface area (TPSA) is 21.3 Å². The van der Waals surface area contributed by atoms with Crippen molar-refractivity contribution in [2.24, 2.45) is 0 Å². The molecule has 2 aliphatic carbocycles. The number of nitrogens with one attached hydrogen (secondary N) is 1. The van der Waals surface area contributed by atoms with Crippen LogP contribution in [0.2, 0.25) is 0 Å². The van der Waals surface area contributed by atoms with Crippen molar-refractivity contribution in [3.8, 4) is 5.75 Å². The zero-order chi connectivity index (χ0) is 10.3. The van der Waals surface area contributed by atoms with Crippen LogP contribution in [0.4, 0.5) is 0 Å². The average Bonchev–Trinajstić information content (AvgIpc) is 2.23. The first-order valence-electron chi connectivity index (χ1n) is 5.65. The first-order chi connectivity index (χ1) is 7.24. The van der Waals surface area contributed by atoms with Gasteiger partial charge in [-0.05, 0) is 18.1 Å². The van der Waals surface area contributed by atoms with Crippen molar-refractivity contribution in [3.05, 3.63) is 29.3 Å². The first-order valence-corrected chi connectivity index (χ1v) is 5.65. The highest BCUT2D eigenvalue weighted by Gasteiger charge is 2.76. The van der Waals surface area contributed by atoms with Gasteiger partial charge in [-0.1, -0.05) is 19.1 Å². The summed E-state index contributed by atoms with van der Waals surface area (Å²) < 4.78 is 5.49. The summed E-state index contributed by atoms with van der Waals surface area (Å²) in [4.78, 5) is 0. The summed E-state index contributed by atoms with van der Waals surface area (Å²) in [5.74, 6) is 1.09. The van der Waals surface area contributed by atoms with E-state index in [4.69, 9.17) is 4.74 Å². The summed E-state index contributed by atoms with van der Waals surface area (Å²) in [6.45, 7) is 3.55. The average molecular weight is 201 g/mol. The van der Waals surface area contributed by atoms with Crippen LogP contribution in [0.15, 0.2) is 18.2 Å². The zero-order valence-electron chi connectivity index (χ0n) is 9.13. The Morgan fingerprint density at radius 3 is 2.93 bits per heavy atom. The third-order valence-corrected chi connectivity index (χ3v) is 5.11. The molecule has 3 atom stereocenters. The van der Waals surface area contributed by atoms with Crippen molar-refractivity contribution in [2.75, 3.05) is 13.7 Å². The number of rotatable bonds is 1. The molecular formula is C13H15NO. The maximum Gasteiger partial charge on any atom is 0.123 e. The van der Waals surface area contributed by atoms with Gasteiger partial charge in [0.25, 0.3) is 0 Å². The molecule has 3 aliphatic rings. The molecule has 78 valence electrons. The van der Waals surface area contributed by atoms with Crippen molar-refractivity contribution in [1.82, 2.24) is 5.32 Å². The quantitative estimate of drug-likeness (QED) is 0.745. The molecule has 0 amide bonds. The molecule has 1 saturated carbocycles. The fourth-order valence-electron chi connectivity index (χ4n) is 4.18. The third-order valence-electron chi connectivity index (χ3n) is 5.11. The van der Waals surface area contributed by atoms with Crippen molar-refractivity contribution in [2.45, 2.75) is 30.2 Å². The number of benzene rings is 1. The molecule has 1 aromatic carbocycles. The second kappa shape index (κ2) is 2.07. The van der Waals surface area contributed by atoms with Gasteiger partial charge in [-0.15, -0.1) is 0 Å². The van der Waals surface area contributed by atoms with E-state index >= 15 is 0 Å². The number of hydrogen-bond donors (Lipinski definition) is 1. The lowest BCUT2D eigenvalue weighted by Crippen LogP contribution is -2.87. The number of hydrogen-bond acceptors (Lipinski definition) is 2. The Morgan fingerprint density at radius 2 is 2.33 bits per heavy atom. The van der Waals surface area contributed by atoms with Crippen LogP contribution in [0.3, 0.4) is 0 Å². The lowest BCUT2D eigenvalue weighted by Gasteiger charge is -2.77. The lowest BCUT2D eigenvalue weighted by molar-refractivity contribution is -0.0762. The van der Waals surface area contributed by atoms with E-state index in [2.05, 4.69) is 30.4 Å². The van der Waals surface area contributed by atoms with Gasteiger partial charge < -0.3 is 10.1 Å². The maximum atomic E-state index is 5.49. The van der Waals surface area contributed by atoms with Gasteiger partial charge in [0.15, 0.2) is 0 Å². The van der Waals surface area contributed by atoms with E-state index in [1.807, 2.05) is 0 Å². The fraction of sp³-hybridized carbons (Fsp3) is 0.538. The minimum absolute atomic E-state index is 0.426. The van der Waals surface area contributed by atoms with Crippen molar-refractivity contribution >= 4 is 0 Å². The van der Waals surface area contributed by atoms with E-state index in [1.165, 1.54) is 17.5 Å². The molecule has 0 radical (unpaired) electrons. The van der Waals surface area contributed by atoms with Gasteiger partial charge in [0.05, 0.1) is 7.11 Å². The maximum absolute atomic E-state index is 5.49. The molecule has 3 unspecified atom stereocenters. The molecule has 15 heavy (non-hydrogen) atoms. The van der Waals surface area contributed by atoms with Crippen LogP contribution in [-0.2, 0) is 10.8 Å². The molecular weight excluding hydrogens is 186 g/mol. The first kappa shape index (κ1) is 8.17. The highest BCUT2D eigenvalue weighted by atomic mass is 16.5. The molecule has 4 rings (SSSR count). The second-order valence-corrected chi connectivity index (χ2v) is 5.32. The van der Waals surface area contributed by atoms with Gasteiger partial charge in [0, 0.05) is 29.0 Å². The minimum atomic E-state index is 0.426. The van der Waals surface area contributed by atoms with E-state index < -0.39 is 0 Å². The summed E-state index contributed by atoms with van der Waals surface area (Å²) in [5, 5.41) is 3.53. The van der Waals surface area contributed by atoms with Crippen LogP contribution in [0, 0.1) is 0 Å². The number of piperidine rings is 1. The molecule has 0 aromatic heterocycles. The van der Waals surface area contributed by atoms with Crippen LogP contribution in [0.25, 0.3) is 0 Å². The Balaban J connectivity index is 1.98. The smallest absolute Gasteiger partial charge is 0.123 e. The van der Waals surface area contributed by atoms with Gasteiger partial charge in [0.1, 0.15) is 5.75 Å². The SMILES string of the molecule is COc1cccc2c1C13CNC1CC23C. The molecule has 0 bridgehead atoms. The van der Waals surface area contributed by atoms with Crippen molar-refractivity contribution < 1.29 is 4.74 Å². The van der Waals surface area contributed by atoms with Gasteiger partial charge in [-0.3, -0.25) is 0 Å². The fourth-order valence-corrected chi connectivity index (χ4v) is 4.18. The van der Waals surface area contributed by atoms with E-state index in [0.717, 1.165) is 12.3 Å². The normalized spacial score (nSPS) is 43.7. The van der Waals surface area contributed by atoms with Gasteiger partial charge >= 0.3 is 0 Å². The van der Waals surface area contributed by atoms with Crippen LogP contribution < -0.4 is 10.1 Å². The lowest BCUT2D eigenvalue weighted by atomic mass is 9.31. The molecule has 1 N–H and O–H groups in total. The van der Waals surface area contributed by atoms with Crippen molar-refractivity contribution in [3.63, 3.8) is 0 Å². The monoisotopic (exact) mass is 201 g/mol. The Morgan fingerprint density at radius 1 is 1.47 bits per heavy atom. The molecule has 1 aromatic rings. The van der Waals surface area contributed by atoms with E-state index in [-0.39, 0.29) is 0 Å². The van der Waals surface area contributed by atoms with E-state index in [1.54, 1.807) is 7.11 Å². The summed E-state index contributed by atoms with van der Waals surface area (Å²) in [7, 11) is 1.78. The van der Waals surface area contributed by atoms with Crippen LogP contribution in [-0.4, -0.2) is 19.7 Å². The molecule has 2 nitrogen and oxygen atoms in total. The Kier molecular flexibility index (Phi) is 1.13. The minimum Gasteiger partial charge on any atom is -0.496 e. The molecule has 1 heterocycles. The van der Waals surface area contributed by atoms with Gasteiger partial charge in [-0.2, -0.15) is 0 Å². The predicted molar refractivity (Wildman–Crippen MR) is 58.4 cm³/mol. The second-order valence-electron chi connectivity index (χ2n) is 5.32. The molecule has 1 aliphatic heterocycles. The molecule has 1 spiro atoms. The van der Waals surface area contributed by atoms with E-state index in [9.17, 15) is 0 Å². The summed E-state index contributed by atoms with van der Waals surface area (Å²) >= 11 is 0. The summed E-state index contributed by atoms with van der Waals surface area (Å²) in [5.41, 5.74) is 3.88. The van der Waals surface area contributed by atoms with Crippen molar-refractivity contribution in [1.29, 1.82) is 0 Å². The predicted octanol–water partition coefficient (Wildman–Crippen LogP) is 1.58. The Bertz CT molecular complexity index is 470. The molecule has 1 saturated heterocycles. The molecule has 2 fully saturated rings. The molecule has 2 heteroatoms. The highest BCUT2D eigenvalue weighted by Crippen LogP contribution is 2.72. The summed E-state index contributed by atoms with van der Waals surface area (Å²) in [6.07, 6.45) is 1.30. The van der Waals surface area contributed by atoms with Gasteiger partial charge in [-0.25, -0.2) is 0 Å². The highest BCUT2D eigenvalue weighted by molar-refractivity contribution is 5.68. The largest absolute Gasteiger partial charge is 0.496 e. The Hall–Kier alpha value is -1.02. The standard InChI is InChI=1S/C13H15NO/c1-12-6-10-13(12,7-14-10)11-8(12)4-3-5-9(11)15-2/h3-5,10,14H,6-7H2,1-2H3. The van der Waals surface area contributed by atoms with Crippen LogP contribution in [0.5, 0.6) is 5.75 Å². The van der Waals surface area contributed by atoms with Crippen LogP contribution in [0.1, 0.15) is 24.5 Å². The number of methoxy groups -OCH3 is 1. The van der Waals surface area contributed by atoms with Crippen LogP contribution >= 0.6 is 0 Å². The number of ether oxygens (including phenoxy) is 1. The van der Waals surface area contributed by atoms with E-state index in [0.29, 0.717) is 16.9 Å².